The lowest BCUT2D eigenvalue weighted by Crippen LogP contribution is -2.37. The molecule has 33 heavy (non-hydrogen) atoms. The van der Waals surface area contributed by atoms with Gasteiger partial charge in [-0.05, 0) is 50.2 Å². The summed E-state index contributed by atoms with van der Waals surface area (Å²) >= 11 is 0. The molecule has 2 aromatic carbocycles. The van der Waals surface area contributed by atoms with Crippen molar-refractivity contribution in [2.75, 3.05) is 29.5 Å². The van der Waals surface area contributed by atoms with Gasteiger partial charge in [0.1, 0.15) is 5.82 Å². The molecular formula is C24H27N7O2. The number of likely N-dealkylation sites (N-methyl/N-ethyl adjacent to an activating group) is 1. The second-order valence-corrected chi connectivity index (χ2v) is 7.99. The van der Waals surface area contributed by atoms with E-state index in [9.17, 15) is 9.59 Å². The topological polar surface area (TPSA) is 125 Å². The highest BCUT2D eigenvalue weighted by Crippen LogP contribution is 2.22. The molecule has 1 aliphatic heterocycles. The van der Waals surface area contributed by atoms with E-state index in [0.717, 1.165) is 24.9 Å². The van der Waals surface area contributed by atoms with Crippen LogP contribution in [0.4, 0.5) is 23.1 Å². The van der Waals surface area contributed by atoms with E-state index >= 15 is 0 Å². The van der Waals surface area contributed by atoms with E-state index in [1.54, 1.807) is 0 Å². The van der Waals surface area contributed by atoms with Crippen molar-refractivity contribution in [2.24, 2.45) is 5.73 Å². The molecule has 0 aliphatic carbocycles. The maximum atomic E-state index is 12.6. The first-order valence-electron chi connectivity index (χ1n) is 10.8. The van der Waals surface area contributed by atoms with Crippen molar-refractivity contribution in [2.45, 2.75) is 25.4 Å². The Kier molecular flexibility index (Phi) is 6.80. The zero-order valence-corrected chi connectivity index (χ0v) is 18.4. The van der Waals surface area contributed by atoms with Gasteiger partial charge in [-0.1, -0.05) is 36.4 Å². The second-order valence-electron chi connectivity index (χ2n) is 7.99. The number of nitrogens with one attached hydrogen (secondary N) is 3. The summed E-state index contributed by atoms with van der Waals surface area (Å²) in [6.45, 7) is 1.41. The molecule has 5 N–H and O–H groups in total. The molecular weight excluding hydrogens is 418 g/mol. The van der Waals surface area contributed by atoms with Crippen LogP contribution in [0.2, 0.25) is 0 Å². The number of hydrogen-bond donors (Lipinski definition) is 4. The fourth-order valence-electron chi connectivity index (χ4n) is 3.81. The molecule has 0 saturated carbocycles. The fraction of sp³-hybridized carbons (Fsp3) is 0.250. The summed E-state index contributed by atoms with van der Waals surface area (Å²) in [4.78, 5) is 35.1. The highest BCUT2D eigenvalue weighted by Gasteiger charge is 2.27. The summed E-state index contributed by atoms with van der Waals surface area (Å²) in [6.07, 6.45) is 3.28. The summed E-state index contributed by atoms with van der Waals surface area (Å²) in [5.74, 6) is 0.0208. The van der Waals surface area contributed by atoms with Crippen LogP contribution in [0.25, 0.3) is 0 Å². The van der Waals surface area contributed by atoms with Crippen molar-refractivity contribution in [3.63, 3.8) is 0 Å². The lowest BCUT2D eigenvalue weighted by Gasteiger charge is -2.19. The van der Waals surface area contributed by atoms with Crippen LogP contribution in [-0.2, 0) is 11.3 Å². The Bertz CT molecular complexity index is 1140. The van der Waals surface area contributed by atoms with E-state index in [1.165, 1.54) is 6.20 Å². The zero-order valence-electron chi connectivity index (χ0n) is 18.4. The standard InChI is InChI=1S/C24H27N7O2/c1-31-12-6-11-20(31)23(33)28-17-9-5-10-18(13-17)29-24-27-15-19(21(25)32)22(30-24)26-14-16-7-3-2-4-8-16/h2-5,7-10,13,15,20H,6,11-12,14H2,1H3,(H2,25,32)(H,28,33)(H2,26,27,29,30). The summed E-state index contributed by atoms with van der Waals surface area (Å²) in [6, 6.07) is 17.0. The van der Waals surface area contributed by atoms with Gasteiger partial charge in [0.15, 0.2) is 0 Å². The average Bonchev–Trinajstić information content (AvgIpc) is 3.24. The van der Waals surface area contributed by atoms with Crippen LogP contribution in [0.15, 0.2) is 60.8 Å². The molecule has 4 rings (SSSR count). The lowest BCUT2D eigenvalue weighted by molar-refractivity contribution is -0.119. The quantitative estimate of drug-likeness (QED) is 0.420. The van der Waals surface area contributed by atoms with Crippen LogP contribution in [0, 0.1) is 0 Å². The molecule has 2 amide bonds. The number of carbonyl (C=O) groups excluding carboxylic acids is 2. The first-order valence-corrected chi connectivity index (χ1v) is 10.8. The number of likely N-dealkylation sites (tertiary alicyclic amines) is 1. The number of anilines is 4. The number of aromatic nitrogens is 2. The van der Waals surface area contributed by atoms with Gasteiger partial charge in [0.05, 0.1) is 11.6 Å². The van der Waals surface area contributed by atoms with Crippen LogP contribution >= 0.6 is 0 Å². The van der Waals surface area contributed by atoms with Crippen LogP contribution in [-0.4, -0.2) is 46.3 Å². The average molecular weight is 446 g/mol. The monoisotopic (exact) mass is 445 g/mol. The Balaban J connectivity index is 1.47. The summed E-state index contributed by atoms with van der Waals surface area (Å²) in [5.41, 5.74) is 8.12. The van der Waals surface area contributed by atoms with Crippen molar-refractivity contribution in [3.05, 3.63) is 71.9 Å². The highest BCUT2D eigenvalue weighted by molar-refractivity contribution is 5.97. The van der Waals surface area contributed by atoms with E-state index in [-0.39, 0.29) is 17.5 Å². The van der Waals surface area contributed by atoms with Gasteiger partial charge < -0.3 is 21.7 Å². The maximum absolute atomic E-state index is 12.6. The van der Waals surface area contributed by atoms with Crippen molar-refractivity contribution >= 4 is 35.0 Å². The highest BCUT2D eigenvalue weighted by atomic mass is 16.2. The predicted octanol–water partition coefficient (Wildman–Crippen LogP) is 2.96. The van der Waals surface area contributed by atoms with Gasteiger partial charge in [-0.2, -0.15) is 4.98 Å². The number of nitrogens with zero attached hydrogens (tertiary/aromatic N) is 3. The first kappa shape index (κ1) is 22.2. The molecule has 0 bridgehead atoms. The number of carbonyl (C=O) groups is 2. The minimum atomic E-state index is -0.612. The number of primary amides is 1. The summed E-state index contributed by atoms with van der Waals surface area (Å²) in [7, 11) is 1.96. The molecule has 1 aromatic heterocycles. The minimum absolute atomic E-state index is 0.0124. The van der Waals surface area contributed by atoms with Gasteiger partial charge in [0.2, 0.25) is 11.9 Å². The molecule has 0 radical (unpaired) electrons. The SMILES string of the molecule is CN1CCCC1C(=O)Nc1cccc(Nc2ncc(C(N)=O)c(NCc3ccccc3)n2)c1. The molecule has 9 nitrogen and oxygen atoms in total. The van der Waals surface area contributed by atoms with Crippen molar-refractivity contribution < 1.29 is 9.59 Å². The van der Waals surface area contributed by atoms with E-state index in [0.29, 0.717) is 29.7 Å². The van der Waals surface area contributed by atoms with Crippen molar-refractivity contribution in [1.29, 1.82) is 0 Å². The molecule has 1 aliphatic rings. The van der Waals surface area contributed by atoms with Crippen LogP contribution in [0.5, 0.6) is 0 Å². The third-order valence-electron chi connectivity index (χ3n) is 5.57. The van der Waals surface area contributed by atoms with Gasteiger partial charge >= 0.3 is 0 Å². The first-order chi connectivity index (χ1) is 16.0. The van der Waals surface area contributed by atoms with Gasteiger partial charge in [-0.3, -0.25) is 14.5 Å². The number of benzene rings is 2. The van der Waals surface area contributed by atoms with Gasteiger partial charge in [-0.15, -0.1) is 0 Å². The van der Waals surface area contributed by atoms with Gasteiger partial charge in [-0.25, -0.2) is 4.98 Å². The molecule has 2 heterocycles. The maximum Gasteiger partial charge on any atom is 0.254 e. The Morgan fingerprint density at radius 1 is 1.12 bits per heavy atom. The molecule has 1 unspecified atom stereocenters. The van der Waals surface area contributed by atoms with Crippen LogP contribution in [0.1, 0.15) is 28.8 Å². The van der Waals surface area contributed by atoms with Crippen LogP contribution < -0.4 is 21.7 Å². The lowest BCUT2D eigenvalue weighted by atomic mass is 10.2. The van der Waals surface area contributed by atoms with E-state index in [2.05, 4.69) is 30.8 Å². The fourth-order valence-corrected chi connectivity index (χ4v) is 3.81. The van der Waals surface area contributed by atoms with E-state index in [1.807, 2.05) is 61.6 Å². The molecule has 1 saturated heterocycles. The largest absolute Gasteiger partial charge is 0.365 e. The Labute approximate surface area is 192 Å². The van der Waals surface area contributed by atoms with E-state index in [4.69, 9.17) is 5.73 Å². The number of nitrogens with two attached hydrogens (primary N) is 1. The number of amides is 2. The third kappa shape index (κ3) is 5.64. The molecule has 9 heteroatoms. The molecule has 1 atom stereocenters. The zero-order chi connectivity index (χ0) is 23.2. The third-order valence-corrected chi connectivity index (χ3v) is 5.57. The van der Waals surface area contributed by atoms with Crippen LogP contribution in [0.3, 0.4) is 0 Å². The number of rotatable bonds is 8. The summed E-state index contributed by atoms with van der Waals surface area (Å²) in [5, 5.41) is 9.26. The van der Waals surface area contributed by atoms with Crippen molar-refractivity contribution in [1.82, 2.24) is 14.9 Å². The Hall–Kier alpha value is -3.98. The van der Waals surface area contributed by atoms with Gasteiger partial charge in [0, 0.05) is 24.1 Å². The normalized spacial score (nSPS) is 15.7. The Morgan fingerprint density at radius 2 is 1.91 bits per heavy atom. The summed E-state index contributed by atoms with van der Waals surface area (Å²) < 4.78 is 0. The molecule has 170 valence electrons. The smallest absolute Gasteiger partial charge is 0.254 e. The van der Waals surface area contributed by atoms with E-state index < -0.39 is 5.91 Å². The molecule has 0 spiro atoms. The number of hydrogen-bond acceptors (Lipinski definition) is 7. The minimum Gasteiger partial charge on any atom is -0.365 e. The van der Waals surface area contributed by atoms with Crippen molar-refractivity contribution in [3.8, 4) is 0 Å². The molecule has 1 fully saturated rings. The second kappa shape index (κ2) is 10.1. The Morgan fingerprint density at radius 3 is 2.64 bits per heavy atom. The van der Waals surface area contributed by atoms with Gasteiger partial charge in [0.25, 0.3) is 5.91 Å². The predicted molar refractivity (Wildman–Crippen MR) is 128 cm³/mol. The molecule has 3 aromatic rings.